The van der Waals surface area contributed by atoms with Gasteiger partial charge in [0.05, 0.1) is 0 Å². The van der Waals surface area contributed by atoms with Gasteiger partial charge in [0.15, 0.2) is 5.60 Å². The standard InChI is InChI=1S/C16H14ClNO2/c1-9-3-4-10(2)12(7-9)16(20)13-8-11(17)5-6-14(13)18-15(16)19/h3-8,20H,1-2H3,(H,18,19). The van der Waals surface area contributed by atoms with E-state index in [1.807, 2.05) is 32.0 Å². The Labute approximate surface area is 122 Å². The predicted octanol–water partition coefficient (Wildman–Crippen LogP) is 3.14. The van der Waals surface area contributed by atoms with E-state index in [2.05, 4.69) is 5.32 Å². The van der Waals surface area contributed by atoms with Gasteiger partial charge in [0, 0.05) is 21.8 Å². The summed E-state index contributed by atoms with van der Waals surface area (Å²) in [6.45, 7) is 3.81. The van der Waals surface area contributed by atoms with Crippen LogP contribution in [0.4, 0.5) is 5.69 Å². The highest BCUT2D eigenvalue weighted by Gasteiger charge is 2.47. The Balaban J connectivity index is 2.29. The van der Waals surface area contributed by atoms with E-state index in [9.17, 15) is 9.90 Å². The van der Waals surface area contributed by atoms with Crippen molar-refractivity contribution in [2.45, 2.75) is 19.4 Å². The predicted molar refractivity (Wildman–Crippen MR) is 79.0 cm³/mol. The molecule has 1 amide bonds. The minimum absolute atomic E-state index is 0.441. The first-order valence-corrected chi connectivity index (χ1v) is 6.72. The van der Waals surface area contributed by atoms with Crippen LogP contribution in [-0.4, -0.2) is 11.0 Å². The fraction of sp³-hybridized carbons (Fsp3) is 0.188. The first-order chi connectivity index (χ1) is 9.42. The van der Waals surface area contributed by atoms with Gasteiger partial charge in [-0.05, 0) is 37.6 Å². The quantitative estimate of drug-likeness (QED) is 0.846. The Bertz CT molecular complexity index is 726. The van der Waals surface area contributed by atoms with Crippen LogP contribution < -0.4 is 5.32 Å². The lowest BCUT2D eigenvalue weighted by molar-refractivity contribution is -0.129. The molecular formula is C16H14ClNO2. The van der Waals surface area contributed by atoms with Crippen molar-refractivity contribution in [2.75, 3.05) is 5.32 Å². The SMILES string of the molecule is Cc1ccc(C)c(C2(O)C(=O)Nc3ccc(Cl)cc32)c1. The molecule has 0 saturated carbocycles. The number of halogens is 1. The summed E-state index contributed by atoms with van der Waals surface area (Å²) < 4.78 is 0. The smallest absolute Gasteiger partial charge is 0.265 e. The Morgan fingerprint density at radius 3 is 2.60 bits per heavy atom. The molecule has 1 aliphatic heterocycles. The molecule has 0 radical (unpaired) electrons. The van der Waals surface area contributed by atoms with E-state index in [1.165, 1.54) is 0 Å². The summed E-state index contributed by atoms with van der Waals surface area (Å²) >= 11 is 6.01. The zero-order chi connectivity index (χ0) is 14.5. The third-order valence-corrected chi connectivity index (χ3v) is 3.97. The van der Waals surface area contributed by atoms with Crippen molar-refractivity contribution < 1.29 is 9.90 Å². The van der Waals surface area contributed by atoms with Crippen LogP contribution in [0.3, 0.4) is 0 Å². The van der Waals surface area contributed by atoms with Crippen LogP contribution in [0.5, 0.6) is 0 Å². The highest BCUT2D eigenvalue weighted by molar-refractivity contribution is 6.31. The number of carbonyl (C=O) groups excluding carboxylic acids is 1. The normalized spacial score (nSPS) is 20.7. The molecule has 2 aromatic carbocycles. The highest BCUT2D eigenvalue weighted by atomic mass is 35.5. The van der Waals surface area contributed by atoms with E-state index < -0.39 is 11.5 Å². The van der Waals surface area contributed by atoms with Gasteiger partial charge in [-0.2, -0.15) is 0 Å². The molecule has 3 rings (SSSR count). The Morgan fingerprint density at radius 1 is 1.10 bits per heavy atom. The van der Waals surface area contributed by atoms with E-state index in [0.29, 0.717) is 21.8 Å². The van der Waals surface area contributed by atoms with Crippen LogP contribution in [0.1, 0.15) is 22.3 Å². The first kappa shape index (κ1) is 13.2. The van der Waals surface area contributed by atoms with Crippen LogP contribution in [0.25, 0.3) is 0 Å². The molecule has 2 N–H and O–H groups in total. The van der Waals surface area contributed by atoms with Gasteiger partial charge in [-0.1, -0.05) is 35.4 Å². The number of aliphatic hydroxyl groups is 1. The number of rotatable bonds is 1. The monoisotopic (exact) mass is 287 g/mol. The second-order valence-corrected chi connectivity index (χ2v) is 5.61. The summed E-state index contributed by atoms with van der Waals surface area (Å²) in [4.78, 5) is 12.3. The molecule has 2 aromatic rings. The van der Waals surface area contributed by atoms with Gasteiger partial charge >= 0.3 is 0 Å². The second-order valence-electron chi connectivity index (χ2n) is 5.17. The van der Waals surface area contributed by atoms with Crippen molar-refractivity contribution >= 4 is 23.2 Å². The maximum atomic E-state index is 12.3. The summed E-state index contributed by atoms with van der Waals surface area (Å²) in [6.07, 6.45) is 0. The van der Waals surface area contributed by atoms with Crippen molar-refractivity contribution in [2.24, 2.45) is 0 Å². The van der Waals surface area contributed by atoms with Gasteiger partial charge in [-0.15, -0.1) is 0 Å². The number of anilines is 1. The number of amides is 1. The average molecular weight is 288 g/mol. The zero-order valence-corrected chi connectivity index (χ0v) is 12.0. The molecule has 4 heteroatoms. The maximum absolute atomic E-state index is 12.3. The third-order valence-electron chi connectivity index (χ3n) is 3.73. The number of benzene rings is 2. The van der Waals surface area contributed by atoms with Gasteiger partial charge in [0.25, 0.3) is 5.91 Å². The summed E-state index contributed by atoms with van der Waals surface area (Å²) in [5.74, 6) is -0.441. The molecule has 0 fully saturated rings. The largest absolute Gasteiger partial charge is 0.372 e. The number of aryl methyl sites for hydroxylation is 2. The molecule has 1 atom stereocenters. The van der Waals surface area contributed by atoms with Gasteiger partial charge in [-0.3, -0.25) is 4.79 Å². The van der Waals surface area contributed by atoms with Crippen molar-refractivity contribution in [3.8, 4) is 0 Å². The molecule has 0 bridgehead atoms. The fourth-order valence-corrected chi connectivity index (χ4v) is 2.83. The summed E-state index contributed by atoms with van der Waals surface area (Å²) in [5.41, 5.74) is 1.86. The highest BCUT2D eigenvalue weighted by Crippen LogP contribution is 2.43. The van der Waals surface area contributed by atoms with Crippen LogP contribution in [0.2, 0.25) is 5.02 Å². The number of carbonyl (C=O) groups is 1. The number of fused-ring (bicyclic) bond motifs is 1. The summed E-state index contributed by atoms with van der Waals surface area (Å²) in [7, 11) is 0. The summed E-state index contributed by atoms with van der Waals surface area (Å²) in [5, 5.41) is 14.2. The van der Waals surface area contributed by atoms with Gasteiger partial charge in [0.1, 0.15) is 0 Å². The third kappa shape index (κ3) is 1.74. The minimum Gasteiger partial charge on any atom is -0.372 e. The molecule has 3 nitrogen and oxygen atoms in total. The molecule has 20 heavy (non-hydrogen) atoms. The van der Waals surface area contributed by atoms with E-state index in [-0.39, 0.29) is 0 Å². The number of hydrogen-bond acceptors (Lipinski definition) is 2. The Hall–Kier alpha value is -1.84. The van der Waals surface area contributed by atoms with Crippen molar-refractivity contribution in [3.63, 3.8) is 0 Å². The van der Waals surface area contributed by atoms with Gasteiger partial charge in [0.2, 0.25) is 0 Å². The molecule has 0 aromatic heterocycles. The van der Waals surface area contributed by atoms with Crippen LogP contribution in [0, 0.1) is 13.8 Å². The Morgan fingerprint density at radius 2 is 1.85 bits per heavy atom. The van der Waals surface area contributed by atoms with E-state index in [0.717, 1.165) is 11.1 Å². The van der Waals surface area contributed by atoms with E-state index in [1.54, 1.807) is 18.2 Å². The lowest BCUT2D eigenvalue weighted by Gasteiger charge is -2.24. The molecule has 1 unspecified atom stereocenters. The molecular weight excluding hydrogens is 274 g/mol. The second kappa shape index (κ2) is 4.33. The van der Waals surface area contributed by atoms with Crippen molar-refractivity contribution in [1.82, 2.24) is 0 Å². The maximum Gasteiger partial charge on any atom is 0.265 e. The minimum atomic E-state index is -1.68. The molecule has 0 spiro atoms. The number of hydrogen-bond donors (Lipinski definition) is 2. The molecule has 1 aliphatic rings. The van der Waals surface area contributed by atoms with Crippen LogP contribution in [-0.2, 0) is 10.4 Å². The first-order valence-electron chi connectivity index (χ1n) is 6.34. The van der Waals surface area contributed by atoms with Gasteiger partial charge in [-0.25, -0.2) is 0 Å². The fourth-order valence-electron chi connectivity index (χ4n) is 2.65. The molecule has 102 valence electrons. The zero-order valence-electron chi connectivity index (χ0n) is 11.2. The van der Waals surface area contributed by atoms with Crippen LogP contribution >= 0.6 is 11.6 Å². The molecule has 1 heterocycles. The van der Waals surface area contributed by atoms with Crippen molar-refractivity contribution in [3.05, 3.63) is 63.7 Å². The molecule has 0 saturated heterocycles. The number of nitrogens with one attached hydrogen (secondary N) is 1. The lowest BCUT2D eigenvalue weighted by atomic mass is 9.84. The lowest BCUT2D eigenvalue weighted by Crippen LogP contribution is -2.36. The topological polar surface area (TPSA) is 49.3 Å². The van der Waals surface area contributed by atoms with Crippen molar-refractivity contribution in [1.29, 1.82) is 0 Å². The average Bonchev–Trinajstić information content (AvgIpc) is 2.66. The van der Waals surface area contributed by atoms with Crippen LogP contribution in [0.15, 0.2) is 36.4 Å². The van der Waals surface area contributed by atoms with E-state index in [4.69, 9.17) is 11.6 Å². The van der Waals surface area contributed by atoms with Gasteiger partial charge < -0.3 is 10.4 Å². The Kier molecular flexibility index (Phi) is 2.85. The van der Waals surface area contributed by atoms with E-state index >= 15 is 0 Å². The summed E-state index contributed by atoms with van der Waals surface area (Å²) in [6, 6.07) is 10.7. The molecule has 0 aliphatic carbocycles.